The van der Waals surface area contributed by atoms with E-state index in [4.69, 9.17) is 4.74 Å². The van der Waals surface area contributed by atoms with Gasteiger partial charge in [-0.15, -0.1) is 24.8 Å². The Morgan fingerprint density at radius 1 is 1.13 bits per heavy atom. The number of carbonyl (C=O) groups is 1. The number of anilines is 1. The molecule has 0 aromatic heterocycles. The summed E-state index contributed by atoms with van der Waals surface area (Å²) in [5.41, 5.74) is 1.24. The van der Waals surface area contributed by atoms with Gasteiger partial charge in [0.05, 0.1) is 13.2 Å². The summed E-state index contributed by atoms with van der Waals surface area (Å²) < 4.78 is 4.96. The molecule has 1 aromatic rings. The van der Waals surface area contributed by atoms with E-state index >= 15 is 0 Å². The van der Waals surface area contributed by atoms with E-state index in [2.05, 4.69) is 34.5 Å². The zero-order valence-corrected chi connectivity index (χ0v) is 15.2. The number of ether oxygens (including phenoxy) is 1. The van der Waals surface area contributed by atoms with Crippen LogP contribution < -0.4 is 10.2 Å². The lowest BCUT2D eigenvalue weighted by molar-refractivity contribution is -0.130. The predicted octanol–water partition coefficient (Wildman–Crippen LogP) is 1.80. The van der Waals surface area contributed by atoms with E-state index in [-0.39, 0.29) is 30.7 Å². The first kappa shape index (κ1) is 22.0. The van der Waals surface area contributed by atoms with Crippen molar-refractivity contribution in [2.24, 2.45) is 0 Å². The minimum atomic E-state index is 0. The molecule has 1 N–H and O–H groups in total. The zero-order valence-electron chi connectivity index (χ0n) is 13.6. The lowest BCUT2D eigenvalue weighted by Gasteiger charge is -2.23. The van der Waals surface area contributed by atoms with Crippen molar-refractivity contribution in [2.75, 3.05) is 57.9 Å². The second-order valence-electron chi connectivity index (χ2n) is 5.23. The number of rotatable bonds is 6. The minimum Gasteiger partial charge on any atom is -0.383 e. The van der Waals surface area contributed by atoms with Gasteiger partial charge in [-0.3, -0.25) is 4.79 Å². The van der Waals surface area contributed by atoms with E-state index in [0.717, 1.165) is 32.6 Å². The van der Waals surface area contributed by atoms with Crippen LogP contribution in [-0.4, -0.2) is 63.8 Å². The third-order valence-electron chi connectivity index (χ3n) is 3.73. The maximum Gasteiger partial charge on any atom is 0.236 e. The molecule has 0 radical (unpaired) electrons. The van der Waals surface area contributed by atoms with E-state index in [1.807, 2.05) is 11.0 Å². The number of para-hydroxylation sites is 1. The second kappa shape index (κ2) is 12.4. The van der Waals surface area contributed by atoms with E-state index in [0.29, 0.717) is 19.7 Å². The van der Waals surface area contributed by atoms with Gasteiger partial charge in [-0.2, -0.15) is 0 Å². The summed E-state index contributed by atoms with van der Waals surface area (Å²) in [6, 6.07) is 10.4. The number of benzene rings is 1. The molecule has 7 heteroatoms. The van der Waals surface area contributed by atoms with Crippen LogP contribution in [0.3, 0.4) is 0 Å². The van der Waals surface area contributed by atoms with Crippen molar-refractivity contribution < 1.29 is 9.53 Å². The lowest BCUT2D eigenvalue weighted by Crippen LogP contribution is -2.41. The summed E-state index contributed by atoms with van der Waals surface area (Å²) in [6.07, 6.45) is 1.01. The van der Waals surface area contributed by atoms with E-state index in [9.17, 15) is 4.79 Å². The van der Waals surface area contributed by atoms with Gasteiger partial charge in [0, 0.05) is 45.5 Å². The maximum absolute atomic E-state index is 12.2. The summed E-state index contributed by atoms with van der Waals surface area (Å²) in [5, 5.41) is 3.12. The average molecular weight is 364 g/mol. The fourth-order valence-electron chi connectivity index (χ4n) is 2.55. The Bertz CT molecular complexity index is 435. The van der Waals surface area contributed by atoms with Crippen molar-refractivity contribution >= 4 is 36.4 Å². The molecule has 0 atom stereocenters. The molecule has 1 aliphatic rings. The molecule has 0 bridgehead atoms. The number of halogens is 2. The lowest BCUT2D eigenvalue weighted by atomic mass is 10.3. The molecule has 1 saturated heterocycles. The smallest absolute Gasteiger partial charge is 0.236 e. The van der Waals surface area contributed by atoms with Crippen molar-refractivity contribution in [2.45, 2.75) is 6.42 Å². The fourth-order valence-corrected chi connectivity index (χ4v) is 2.55. The van der Waals surface area contributed by atoms with Gasteiger partial charge in [0.25, 0.3) is 0 Å². The molecule has 132 valence electrons. The molecule has 5 nitrogen and oxygen atoms in total. The van der Waals surface area contributed by atoms with Gasteiger partial charge in [-0.1, -0.05) is 18.2 Å². The molecule has 1 fully saturated rings. The Hall–Kier alpha value is -1.01. The normalized spacial score (nSPS) is 14.5. The van der Waals surface area contributed by atoms with Gasteiger partial charge < -0.3 is 19.9 Å². The number of nitrogens with zero attached hydrogens (tertiary/aromatic N) is 2. The number of amides is 1. The molecule has 0 spiro atoms. The third kappa shape index (κ3) is 7.40. The highest BCUT2D eigenvalue weighted by atomic mass is 35.5. The molecule has 0 saturated carbocycles. The third-order valence-corrected chi connectivity index (χ3v) is 3.73. The first-order chi connectivity index (χ1) is 10.3. The minimum absolute atomic E-state index is 0. The number of hydrogen-bond donors (Lipinski definition) is 1. The van der Waals surface area contributed by atoms with Gasteiger partial charge in [0.15, 0.2) is 0 Å². The molecule has 23 heavy (non-hydrogen) atoms. The van der Waals surface area contributed by atoms with Crippen molar-refractivity contribution in [1.82, 2.24) is 10.2 Å². The Labute approximate surface area is 151 Å². The first-order valence-electron chi connectivity index (χ1n) is 7.58. The molecule has 1 aliphatic heterocycles. The Balaban J connectivity index is 0.00000242. The van der Waals surface area contributed by atoms with Crippen LogP contribution in [0, 0.1) is 0 Å². The maximum atomic E-state index is 12.2. The molecule has 1 amide bonds. The van der Waals surface area contributed by atoms with Gasteiger partial charge in [-0.25, -0.2) is 0 Å². The van der Waals surface area contributed by atoms with E-state index < -0.39 is 0 Å². The SMILES string of the molecule is COCCNCC(=O)N1CCCN(c2ccccc2)CC1.Cl.Cl. The van der Waals surface area contributed by atoms with Crippen LogP contribution in [0.4, 0.5) is 5.69 Å². The van der Waals surface area contributed by atoms with Crippen molar-refractivity contribution in [1.29, 1.82) is 0 Å². The Morgan fingerprint density at radius 3 is 2.57 bits per heavy atom. The average Bonchev–Trinajstić information content (AvgIpc) is 2.78. The molecule has 1 aromatic carbocycles. The molecule has 2 rings (SSSR count). The summed E-state index contributed by atoms with van der Waals surface area (Å²) in [4.78, 5) is 16.5. The van der Waals surface area contributed by atoms with E-state index in [1.165, 1.54) is 5.69 Å². The number of methoxy groups -OCH3 is 1. The van der Waals surface area contributed by atoms with Gasteiger partial charge in [-0.05, 0) is 18.6 Å². The van der Waals surface area contributed by atoms with Crippen LogP contribution in [0.25, 0.3) is 0 Å². The van der Waals surface area contributed by atoms with Crippen molar-refractivity contribution in [3.8, 4) is 0 Å². The van der Waals surface area contributed by atoms with Crippen LogP contribution in [0.2, 0.25) is 0 Å². The van der Waals surface area contributed by atoms with Crippen molar-refractivity contribution in [3.63, 3.8) is 0 Å². The van der Waals surface area contributed by atoms with Crippen LogP contribution >= 0.6 is 24.8 Å². The molecular weight excluding hydrogens is 337 g/mol. The zero-order chi connectivity index (χ0) is 14.9. The van der Waals surface area contributed by atoms with Crippen molar-refractivity contribution in [3.05, 3.63) is 30.3 Å². The van der Waals surface area contributed by atoms with Gasteiger partial charge in [0.2, 0.25) is 5.91 Å². The van der Waals surface area contributed by atoms with Gasteiger partial charge in [0.1, 0.15) is 0 Å². The Kier molecular flexibility index (Phi) is 11.9. The first-order valence-corrected chi connectivity index (χ1v) is 7.58. The van der Waals surface area contributed by atoms with Crippen LogP contribution in [0.1, 0.15) is 6.42 Å². The van der Waals surface area contributed by atoms with Crippen LogP contribution in [0.5, 0.6) is 0 Å². The largest absolute Gasteiger partial charge is 0.383 e. The molecule has 0 aliphatic carbocycles. The number of nitrogens with one attached hydrogen (secondary N) is 1. The topological polar surface area (TPSA) is 44.8 Å². The molecule has 1 heterocycles. The number of carbonyl (C=O) groups excluding carboxylic acids is 1. The summed E-state index contributed by atoms with van der Waals surface area (Å²) >= 11 is 0. The Morgan fingerprint density at radius 2 is 1.87 bits per heavy atom. The fraction of sp³-hybridized carbons (Fsp3) is 0.562. The van der Waals surface area contributed by atoms with Gasteiger partial charge >= 0.3 is 0 Å². The summed E-state index contributed by atoms with van der Waals surface area (Å²) in [7, 11) is 1.66. The second-order valence-corrected chi connectivity index (χ2v) is 5.23. The highest BCUT2D eigenvalue weighted by molar-refractivity contribution is 5.85. The predicted molar refractivity (Wildman–Crippen MR) is 99.1 cm³/mol. The summed E-state index contributed by atoms with van der Waals surface area (Å²) in [6.45, 7) is 5.28. The molecule has 0 unspecified atom stereocenters. The van der Waals surface area contributed by atoms with Crippen LogP contribution in [-0.2, 0) is 9.53 Å². The number of hydrogen-bond acceptors (Lipinski definition) is 4. The monoisotopic (exact) mass is 363 g/mol. The van der Waals surface area contributed by atoms with Crippen LogP contribution in [0.15, 0.2) is 30.3 Å². The highest BCUT2D eigenvalue weighted by Crippen LogP contribution is 2.15. The summed E-state index contributed by atoms with van der Waals surface area (Å²) in [5.74, 6) is 0.181. The quantitative estimate of drug-likeness (QED) is 0.782. The highest BCUT2D eigenvalue weighted by Gasteiger charge is 2.18. The standard InChI is InChI=1S/C16H25N3O2.2ClH/c1-21-13-8-17-14-16(20)19-10-5-9-18(11-12-19)15-6-3-2-4-7-15;;/h2-4,6-7,17H,5,8-14H2,1H3;2*1H. The molecular formula is C16H27Cl2N3O2. The van der Waals surface area contributed by atoms with E-state index in [1.54, 1.807) is 7.11 Å².